The Morgan fingerprint density at radius 2 is 1.64 bits per heavy atom. The van der Waals surface area contributed by atoms with Crippen LogP contribution in [0.2, 0.25) is 0 Å². The van der Waals surface area contributed by atoms with E-state index in [1.54, 1.807) is 0 Å². The molecule has 0 atom stereocenters. The topological polar surface area (TPSA) is 64.6 Å². The molecule has 1 N–H and O–H groups in total. The highest BCUT2D eigenvalue weighted by Crippen LogP contribution is 2.44. The lowest BCUT2D eigenvalue weighted by Gasteiger charge is -2.14. The van der Waals surface area contributed by atoms with Gasteiger partial charge in [-0.1, -0.05) is 72.5 Å². The van der Waals surface area contributed by atoms with Gasteiger partial charge in [-0.2, -0.15) is 0 Å². The van der Waals surface area contributed by atoms with Crippen LogP contribution in [0.25, 0.3) is 11.1 Å². The third-order valence-corrected chi connectivity index (χ3v) is 5.60. The molecule has 0 heterocycles. The first kappa shape index (κ1) is 22.2. The van der Waals surface area contributed by atoms with Crippen molar-refractivity contribution < 1.29 is 19.1 Å². The molecule has 0 aromatic heterocycles. The van der Waals surface area contributed by atoms with E-state index in [0.717, 1.165) is 11.1 Å². The van der Waals surface area contributed by atoms with Gasteiger partial charge >= 0.3 is 12.1 Å². The summed E-state index contributed by atoms with van der Waals surface area (Å²) < 4.78 is 10.2. The van der Waals surface area contributed by atoms with E-state index in [4.69, 9.17) is 4.74 Å². The Bertz CT molecular complexity index is 1180. The quantitative estimate of drug-likeness (QED) is 0.344. The molecule has 1 aliphatic carbocycles. The van der Waals surface area contributed by atoms with Gasteiger partial charge in [0.05, 0.1) is 13.5 Å². The molecule has 0 saturated carbocycles. The molecule has 1 aliphatic rings. The van der Waals surface area contributed by atoms with E-state index in [9.17, 15) is 9.59 Å². The zero-order valence-corrected chi connectivity index (χ0v) is 18.5. The van der Waals surface area contributed by atoms with Crippen LogP contribution in [0.15, 0.2) is 72.8 Å². The number of nitrogens with one attached hydrogen (secondary N) is 1. The molecule has 166 valence electrons. The first-order valence-electron chi connectivity index (χ1n) is 10.9. The molecule has 0 radical (unpaired) electrons. The summed E-state index contributed by atoms with van der Waals surface area (Å²) in [5.74, 6) is 5.85. The summed E-state index contributed by atoms with van der Waals surface area (Å²) in [7, 11) is 1.37. The normalized spacial score (nSPS) is 11.5. The number of fused-ring (bicyclic) bond motifs is 3. The maximum atomic E-state index is 12.2. The number of rotatable bonds is 6. The molecule has 5 nitrogen and oxygen atoms in total. The van der Waals surface area contributed by atoms with Crippen molar-refractivity contribution in [2.45, 2.75) is 18.8 Å². The fraction of sp³-hybridized carbons (Fsp3) is 0.214. The second-order valence-electron chi connectivity index (χ2n) is 7.76. The van der Waals surface area contributed by atoms with Gasteiger partial charge in [-0.25, -0.2) is 4.79 Å². The van der Waals surface area contributed by atoms with Gasteiger partial charge in [0.25, 0.3) is 0 Å². The Labute approximate surface area is 193 Å². The van der Waals surface area contributed by atoms with Gasteiger partial charge in [-0.3, -0.25) is 4.79 Å². The predicted molar refractivity (Wildman–Crippen MR) is 127 cm³/mol. The van der Waals surface area contributed by atoms with Crippen LogP contribution in [-0.4, -0.2) is 32.3 Å². The first-order chi connectivity index (χ1) is 16.2. The highest BCUT2D eigenvalue weighted by molar-refractivity contribution is 5.79. The van der Waals surface area contributed by atoms with E-state index in [-0.39, 0.29) is 18.3 Å². The minimum absolute atomic E-state index is 0.0419. The Balaban J connectivity index is 1.26. The second-order valence-corrected chi connectivity index (χ2v) is 7.76. The van der Waals surface area contributed by atoms with E-state index in [0.29, 0.717) is 19.6 Å². The Kier molecular flexibility index (Phi) is 7.06. The van der Waals surface area contributed by atoms with Crippen LogP contribution in [0.1, 0.15) is 34.6 Å². The zero-order valence-electron chi connectivity index (χ0n) is 18.5. The number of esters is 1. The van der Waals surface area contributed by atoms with Gasteiger partial charge in [0.2, 0.25) is 0 Å². The van der Waals surface area contributed by atoms with Gasteiger partial charge in [0, 0.05) is 24.4 Å². The van der Waals surface area contributed by atoms with Crippen molar-refractivity contribution in [1.29, 1.82) is 0 Å². The van der Waals surface area contributed by atoms with Crippen LogP contribution in [-0.2, 0) is 20.7 Å². The van der Waals surface area contributed by atoms with E-state index in [1.807, 2.05) is 48.5 Å². The lowest BCUT2D eigenvalue weighted by molar-refractivity contribution is -0.139. The lowest BCUT2D eigenvalue weighted by Crippen LogP contribution is -2.26. The first-order valence-corrected chi connectivity index (χ1v) is 10.9. The average Bonchev–Trinajstić information content (AvgIpc) is 3.16. The summed E-state index contributed by atoms with van der Waals surface area (Å²) >= 11 is 0. The summed E-state index contributed by atoms with van der Waals surface area (Å²) in [5, 5.41) is 2.76. The minimum atomic E-state index is -0.446. The number of hydrogen-bond donors (Lipinski definition) is 1. The number of methoxy groups -OCH3 is 1. The van der Waals surface area contributed by atoms with E-state index < -0.39 is 6.09 Å². The number of carbonyl (C=O) groups is 2. The molecular weight excluding hydrogens is 414 g/mol. The van der Waals surface area contributed by atoms with Gasteiger partial charge in [0.1, 0.15) is 6.61 Å². The van der Waals surface area contributed by atoms with Crippen LogP contribution < -0.4 is 5.32 Å². The SMILES string of the molecule is COC(=O)Cc1cccc(C#CCCNC(=O)OCC2c3ccccc3-c3ccccc32)c1. The summed E-state index contributed by atoms with van der Waals surface area (Å²) in [5.41, 5.74) is 6.45. The van der Waals surface area contributed by atoms with Crippen LogP contribution in [0.5, 0.6) is 0 Å². The van der Waals surface area contributed by atoms with Crippen LogP contribution >= 0.6 is 0 Å². The number of carbonyl (C=O) groups excluding carboxylic acids is 2. The van der Waals surface area contributed by atoms with Gasteiger partial charge in [-0.05, 0) is 39.9 Å². The zero-order chi connectivity index (χ0) is 23.0. The number of amides is 1. The number of hydrogen-bond acceptors (Lipinski definition) is 4. The van der Waals surface area contributed by atoms with Crippen molar-refractivity contribution in [3.05, 3.63) is 95.1 Å². The Hall–Kier alpha value is -4.04. The molecule has 3 aromatic carbocycles. The summed E-state index contributed by atoms with van der Waals surface area (Å²) in [6.45, 7) is 0.685. The van der Waals surface area contributed by atoms with Crippen molar-refractivity contribution in [1.82, 2.24) is 5.32 Å². The van der Waals surface area contributed by atoms with Crippen LogP contribution in [0.3, 0.4) is 0 Å². The molecule has 4 rings (SSSR count). The lowest BCUT2D eigenvalue weighted by atomic mass is 9.98. The van der Waals surface area contributed by atoms with Crippen molar-refractivity contribution in [3.8, 4) is 23.0 Å². The van der Waals surface area contributed by atoms with Gasteiger partial charge in [-0.15, -0.1) is 0 Å². The molecule has 0 bridgehead atoms. The molecule has 33 heavy (non-hydrogen) atoms. The fourth-order valence-electron chi connectivity index (χ4n) is 4.04. The second kappa shape index (κ2) is 10.5. The molecular formula is C28H25NO4. The summed E-state index contributed by atoms with van der Waals surface area (Å²) in [6, 6.07) is 24.0. The fourth-order valence-corrected chi connectivity index (χ4v) is 4.04. The minimum Gasteiger partial charge on any atom is -0.469 e. The van der Waals surface area contributed by atoms with Crippen molar-refractivity contribution in [3.63, 3.8) is 0 Å². The summed E-state index contributed by atoms with van der Waals surface area (Å²) in [4.78, 5) is 23.6. The third kappa shape index (κ3) is 5.42. The molecule has 0 saturated heterocycles. The average molecular weight is 440 g/mol. The highest BCUT2D eigenvalue weighted by Gasteiger charge is 2.28. The van der Waals surface area contributed by atoms with Crippen LogP contribution in [0.4, 0.5) is 4.79 Å². The maximum absolute atomic E-state index is 12.2. The molecule has 0 unspecified atom stereocenters. The Morgan fingerprint density at radius 3 is 2.33 bits per heavy atom. The molecule has 1 amide bonds. The van der Waals surface area contributed by atoms with Crippen LogP contribution in [0, 0.1) is 11.8 Å². The number of alkyl carbamates (subject to hydrolysis) is 1. The van der Waals surface area contributed by atoms with Crippen molar-refractivity contribution >= 4 is 12.1 Å². The van der Waals surface area contributed by atoms with Crippen molar-refractivity contribution in [2.75, 3.05) is 20.3 Å². The molecule has 5 heteroatoms. The number of benzene rings is 3. The highest BCUT2D eigenvalue weighted by atomic mass is 16.5. The number of ether oxygens (including phenoxy) is 2. The van der Waals surface area contributed by atoms with Gasteiger partial charge in [0.15, 0.2) is 0 Å². The summed E-state index contributed by atoms with van der Waals surface area (Å²) in [6.07, 6.45) is 0.263. The smallest absolute Gasteiger partial charge is 0.407 e. The van der Waals surface area contributed by atoms with E-state index in [2.05, 4.69) is 46.2 Å². The standard InChI is InChI=1S/C28H25NO4/c1-32-27(30)18-21-11-8-10-20(17-21)9-6-7-16-29-28(31)33-19-26-24-14-4-2-12-22(24)23-13-3-5-15-25(23)26/h2-5,8,10-15,17,26H,7,16,18-19H2,1H3,(H,29,31). The third-order valence-electron chi connectivity index (χ3n) is 5.60. The molecule has 0 fully saturated rings. The maximum Gasteiger partial charge on any atom is 0.407 e. The van der Waals surface area contributed by atoms with E-state index in [1.165, 1.54) is 29.4 Å². The molecule has 0 spiro atoms. The van der Waals surface area contributed by atoms with Crippen molar-refractivity contribution in [2.24, 2.45) is 0 Å². The van der Waals surface area contributed by atoms with Gasteiger partial charge < -0.3 is 14.8 Å². The largest absolute Gasteiger partial charge is 0.469 e. The van der Waals surface area contributed by atoms with E-state index >= 15 is 0 Å². The predicted octanol–water partition coefficient (Wildman–Crippen LogP) is 4.68. The monoisotopic (exact) mass is 439 g/mol. The molecule has 3 aromatic rings. The molecule has 0 aliphatic heterocycles. The Morgan fingerprint density at radius 1 is 0.939 bits per heavy atom.